The first-order valence-electron chi connectivity index (χ1n) is 8.35. The van der Waals surface area contributed by atoms with Crippen molar-refractivity contribution in [1.29, 1.82) is 0 Å². The minimum Gasteiger partial charge on any atom is -0.392 e. The highest BCUT2D eigenvalue weighted by Crippen LogP contribution is 2.35. The summed E-state index contributed by atoms with van der Waals surface area (Å²) in [6.45, 7) is 9.37. The van der Waals surface area contributed by atoms with Gasteiger partial charge in [-0.05, 0) is 12.8 Å². The summed E-state index contributed by atoms with van der Waals surface area (Å²) in [6, 6.07) is -0.198. The van der Waals surface area contributed by atoms with Crippen molar-refractivity contribution in [2.24, 2.45) is 5.41 Å². The Labute approximate surface area is 142 Å². The maximum absolute atomic E-state index is 12.0. The molecule has 1 saturated carbocycles. The number of thiazole rings is 1. The molecule has 0 aromatic carbocycles. The molecule has 5 nitrogen and oxygen atoms in total. The number of carbonyl (C=O) groups is 1. The van der Waals surface area contributed by atoms with E-state index < -0.39 is 0 Å². The van der Waals surface area contributed by atoms with Crippen LogP contribution in [0.5, 0.6) is 0 Å². The zero-order valence-corrected chi connectivity index (χ0v) is 15.4. The number of aromatic nitrogens is 1. The van der Waals surface area contributed by atoms with Gasteiger partial charge in [-0.25, -0.2) is 9.78 Å². The van der Waals surface area contributed by atoms with Gasteiger partial charge in [0.15, 0.2) is 0 Å². The van der Waals surface area contributed by atoms with Crippen LogP contribution in [0.1, 0.15) is 64.1 Å². The molecule has 6 heteroatoms. The minimum absolute atomic E-state index is 0.0305. The fourth-order valence-corrected chi connectivity index (χ4v) is 3.79. The third kappa shape index (κ3) is 4.91. The lowest BCUT2D eigenvalue weighted by Gasteiger charge is -2.38. The SMILES string of the molecule is CC(C)(C)c1csc(CNC(=O)NCC2(C)CCCCC2O)n1. The number of amides is 2. The lowest BCUT2D eigenvalue weighted by molar-refractivity contribution is 0.00309. The summed E-state index contributed by atoms with van der Waals surface area (Å²) in [5, 5.41) is 18.9. The summed E-state index contributed by atoms with van der Waals surface area (Å²) >= 11 is 1.57. The molecule has 0 aliphatic heterocycles. The first-order chi connectivity index (χ1) is 10.7. The summed E-state index contributed by atoms with van der Waals surface area (Å²) < 4.78 is 0. The van der Waals surface area contributed by atoms with Crippen LogP contribution in [0.15, 0.2) is 5.38 Å². The largest absolute Gasteiger partial charge is 0.392 e. The van der Waals surface area contributed by atoms with E-state index in [0.717, 1.165) is 36.4 Å². The Morgan fingerprint density at radius 2 is 2.17 bits per heavy atom. The number of hydrogen-bond acceptors (Lipinski definition) is 4. The smallest absolute Gasteiger partial charge is 0.315 e. The molecule has 130 valence electrons. The van der Waals surface area contributed by atoms with Crippen LogP contribution in [0, 0.1) is 5.41 Å². The molecule has 1 aliphatic carbocycles. The zero-order chi connectivity index (χ0) is 17.1. The van der Waals surface area contributed by atoms with E-state index in [2.05, 4.69) is 36.4 Å². The van der Waals surface area contributed by atoms with Gasteiger partial charge in [-0.15, -0.1) is 11.3 Å². The topological polar surface area (TPSA) is 74.2 Å². The van der Waals surface area contributed by atoms with Gasteiger partial charge in [-0.1, -0.05) is 40.5 Å². The van der Waals surface area contributed by atoms with Crippen LogP contribution in [0.2, 0.25) is 0 Å². The fourth-order valence-electron chi connectivity index (χ4n) is 2.82. The van der Waals surface area contributed by atoms with Crippen LogP contribution < -0.4 is 10.6 Å². The van der Waals surface area contributed by atoms with Crippen molar-refractivity contribution in [3.8, 4) is 0 Å². The number of carbonyl (C=O) groups excluding carboxylic acids is 1. The normalized spacial score (nSPS) is 25.2. The first-order valence-corrected chi connectivity index (χ1v) is 9.23. The molecule has 1 aromatic heterocycles. The van der Waals surface area contributed by atoms with Crippen LogP contribution in [0.25, 0.3) is 0 Å². The zero-order valence-electron chi connectivity index (χ0n) is 14.6. The molecule has 0 radical (unpaired) electrons. The lowest BCUT2D eigenvalue weighted by atomic mass is 9.73. The van der Waals surface area contributed by atoms with Gasteiger partial charge in [0, 0.05) is 22.8 Å². The number of aliphatic hydroxyl groups is 1. The molecule has 23 heavy (non-hydrogen) atoms. The predicted molar refractivity (Wildman–Crippen MR) is 93.6 cm³/mol. The molecule has 2 atom stereocenters. The van der Waals surface area contributed by atoms with Gasteiger partial charge in [0.2, 0.25) is 0 Å². The van der Waals surface area contributed by atoms with Gasteiger partial charge >= 0.3 is 6.03 Å². The second-order valence-electron chi connectivity index (χ2n) is 7.83. The third-order valence-corrected chi connectivity index (χ3v) is 5.50. The van der Waals surface area contributed by atoms with Crippen LogP contribution in [0.3, 0.4) is 0 Å². The molecule has 1 fully saturated rings. The summed E-state index contributed by atoms with van der Waals surface area (Å²) in [7, 11) is 0. The standard InChI is InChI=1S/C17H29N3O2S/c1-16(2,3)12-10-23-14(20-12)9-18-15(22)19-11-17(4)8-6-5-7-13(17)21/h10,13,21H,5-9,11H2,1-4H3,(H2,18,19,22). The highest BCUT2D eigenvalue weighted by molar-refractivity contribution is 7.09. The van der Waals surface area contributed by atoms with Crippen LogP contribution in [0.4, 0.5) is 4.79 Å². The maximum Gasteiger partial charge on any atom is 0.315 e. The first kappa shape index (κ1) is 18.2. The van der Waals surface area contributed by atoms with Crippen LogP contribution in [-0.4, -0.2) is 28.8 Å². The van der Waals surface area contributed by atoms with E-state index in [1.807, 2.05) is 12.3 Å². The number of urea groups is 1. The number of aliphatic hydroxyl groups excluding tert-OH is 1. The van der Waals surface area contributed by atoms with E-state index in [9.17, 15) is 9.90 Å². The Bertz CT molecular complexity index is 538. The Morgan fingerprint density at radius 3 is 2.78 bits per heavy atom. The molecule has 2 rings (SSSR count). The summed E-state index contributed by atoms with van der Waals surface area (Å²) in [4.78, 5) is 16.5. The van der Waals surface area contributed by atoms with Crippen molar-refractivity contribution in [2.75, 3.05) is 6.54 Å². The molecule has 1 aliphatic rings. The molecule has 1 heterocycles. The number of nitrogens with one attached hydrogen (secondary N) is 2. The summed E-state index contributed by atoms with van der Waals surface area (Å²) in [6.07, 6.45) is 3.64. The highest BCUT2D eigenvalue weighted by Gasteiger charge is 2.35. The van der Waals surface area contributed by atoms with E-state index in [4.69, 9.17) is 0 Å². The van der Waals surface area contributed by atoms with Crippen molar-refractivity contribution in [2.45, 2.75) is 71.4 Å². The summed E-state index contributed by atoms with van der Waals surface area (Å²) in [5.41, 5.74) is 0.872. The number of rotatable bonds is 4. The van der Waals surface area contributed by atoms with Crippen molar-refractivity contribution in [3.63, 3.8) is 0 Å². The van der Waals surface area contributed by atoms with E-state index >= 15 is 0 Å². The summed E-state index contributed by atoms with van der Waals surface area (Å²) in [5.74, 6) is 0. The van der Waals surface area contributed by atoms with Gasteiger partial charge in [0.25, 0.3) is 0 Å². The van der Waals surface area contributed by atoms with Crippen molar-refractivity contribution in [3.05, 3.63) is 16.1 Å². The maximum atomic E-state index is 12.0. The molecular formula is C17H29N3O2S. The Hall–Kier alpha value is -1.14. The van der Waals surface area contributed by atoms with Gasteiger partial charge in [0.05, 0.1) is 18.3 Å². The molecule has 0 spiro atoms. The third-order valence-electron chi connectivity index (χ3n) is 4.65. The van der Waals surface area contributed by atoms with Crippen molar-refractivity contribution in [1.82, 2.24) is 15.6 Å². The number of hydrogen-bond donors (Lipinski definition) is 3. The van der Waals surface area contributed by atoms with E-state index in [1.54, 1.807) is 11.3 Å². The Balaban J connectivity index is 1.78. The van der Waals surface area contributed by atoms with Gasteiger partial charge in [-0.2, -0.15) is 0 Å². The molecular weight excluding hydrogens is 310 g/mol. The van der Waals surface area contributed by atoms with Crippen molar-refractivity contribution >= 4 is 17.4 Å². The highest BCUT2D eigenvalue weighted by atomic mass is 32.1. The monoisotopic (exact) mass is 339 g/mol. The van der Waals surface area contributed by atoms with Gasteiger partial charge < -0.3 is 15.7 Å². The molecule has 1 aromatic rings. The fraction of sp³-hybridized carbons (Fsp3) is 0.765. The average Bonchev–Trinajstić information content (AvgIpc) is 2.95. The molecule has 0 saturated heterocycles. The molecule has 2 unspecified atom stereocenters. The molecule has 3 N–H and O–H groups in total. The van der Waals surface area contributed by atoms with Gasteiger partial charge in [-0.3, -0.25) is 0 Å². The Morgan fingerprint density at radius 1 is 1.43 bits per heavy atom. The van der Waals surface area contributed by atoms with E-state index in [1.165, 1.54) is 0 Å². The van der Waals surface area contributed by atoms with Gasteiger partial charge in [0.1, 0.15) is 5.01 Å². The quantitative estimate of drug-likeness (QED) is 0.789. The van der Waals surface area contributed by atoms with E-state index in [-0.39, 0.29) is 23.0 Å². The molecule has 2 amide bonds. The predicted octanol–water partition coefficient (Wildman–Crippen LogP) is 3.18. The van der Waals surface area contributed by atoms with Crippen LogP contribution >= 0.6 is 11.3 Å². The molecule has 0 bridgehead atoms. The minimum atomic E-state index is -0.329. The second kappa shape index (κ2) is 7.18. The van der Waals surface area contributed by atoms with Crippen LogP contribution in [-0.2, 0) is 12.0 Å². The lowest BCUT2D eigenvalue weighted by Crippen LogP contribution is -2.47. The Kier molecular flexibility index (Phi) is 5.68. The van der Waals surface area contributed by atoms with E-state index in [0.29, 0.717) is 13.1 Å². The average molecular weight is 340 g/mol. The second-order valence-corrected chi connectivity index (χ2v) is 8.77. The van der Waals surface area contributed by atoms with Crippen molar-refractivity contribution < 1.29 is 9.90 Å². The number of nitrogens with zero attached hydrogens (tertiary/aromatic N) is 1.